The number of nitrogens with one attached hydrogen (secondary N) is 1. The van der Waals surface area contributed by atoms with Crippen LogP contribution in [0.5, 0.6) is 17.4 Å². The Hall–Kier alpha value is -3.62. The number of rotatable bonds is 5. The van der Waals surface area contributed by atoms with Gasteiger partial charge in [0.2, 0.25) is 5.88 Å². The van der Waals surface area contributed by atoms with Crippen LogP contribution >= 0.6 is 0 Å². The molecular weight excluding hydrogens is 324 g/mol. The Morgan fingerprint density at radius 2 is 2.08 bits per heavy atom. The van der Waals surface area contributed by atoms with Crippen LogP contribution in [0.1, 0.15) is 5.69 Å². The second kappa shape index (κ2) is 6.87. The van der Waals surface area contributed by atoms with Crippen molar-refractivity contribution < 1.29 is 14.3 Å². The topological polar surface area (TPSA) is 117 Å². The first-order valence-electron chi connectivity index (χ1n) is 7.34. The highest BCUT2D eigenvalue weighted by Gasteiger charge is 2.09. The van der Waals surface area contributed by atoms with Crippen LogP contribution in [0.25, 0.3) is 0 Å². The molecule has 3 N–H and O–H groups in total. The smallest absolute Gasteiger partial charge is 0.409 e. The minimum atomic E-state index is -0.893. The van der Waals surface area contributed by atoms with Gasteiger partial charge in [0.1, 0.15) is 11.5 Å². The Morgan fingerprint density at radius 1 is 1.28 bits per heavy atom. The number of aryl methyl sites for hydroxylation is 2. The van der Waals surface area contributed by atoms with Crippen molar-refractivity contribution in [3.8, 4) is 17.4 Å². The van der Waals surface area contributed by atoms with E-state index >= 15 is 0 Å². The SMILES string of the molecule is Cc1ncc(Nc2cnn(C)c2)nc1Oc1cccc(OC(N)=O)c1. The van der Waals surface area contributed by atoms with E-state index in [9.17, 15) is 4.79 Å². The zero-order valence-corrected chi connectivity index (χ0v) is 13.6. The van der Waals surface area contributed by atoms with Crippen molar-refractivity contribution in [2.75, 3.05) is 5.32 Å². The number of carbonyl (C=O) groups excluding carboxylic acids is 1. The number of nitrogens with two attached hydrogens (primary N) is 1. The van der Waals surface area contributed by atoms with Gasteiger partial charge in [0.15, 0.2) is 5.82 Å². The Labute approximate surface area is 143 Å². The number of aromatic nitrogens is 4. The van der Waals surface area contributed by atoms with Gasteiger partial charge in [-0.2, -0.15) is 10.1 Å². The Balaban J connectivity index is 1.80. The molecule has 2 heterocycles. The van der Waals surface area contributed by atoms with Crippen molar-refractivity contribution in [3.63, 3.8) is 0 Å². The molecular formula is C16H16N6O3. The minimum absolute atomic E-state index is 0.278. The summed E-state index contributed by atoms with van der Waals surface area (Å²) in [5, 5.41) is 7.17. The van der Waals surface area contributed by atoms with E-state index in [-0.39, 0.29) is 5.75 Å². The molecule has 0 unspecified atom stereocenters. The number of amides is 1. The number of hydrogen-bond acceptors (Lipinski definition) is 7. The molecule has 3 aromatic rings. The Morgan fingerprint density at radius 3 is 2.80 bits per heavy atom. The van der Waals surface area contributed by atoms with Gasteiger partial charge in [0.05, 0.1) is 23.8 Å². The lowest BCUT2D eigenvalue weighted by Crippen LogP contribution is -2.16. The quantitative estimate of drug-likeness (QED) is 0.732. The van der Waals surface area contributed by atoms with Crippen molar-refractivity contribution >= 4 is 17.6 Å². The van der Waals surface area contributed by atoms with Gasteiger partial charge in [0, 0.05) is 19.3 Å². The summed E-state index contributed by atoms with van der Waals surface area (Å²) in [5.74, 6) is 1.55. The molecule has 0 bridgehead atoms. The van der Waals surface area contributed by atoms with Crippen molar-refractivity contribution in [1.29, 1.82) is 0 Å². The predicted molar refractivity (Wildman–Crippen MR) is 90.0 cm³/mol. The third-order valence-electron chi connectivity index (χ3n) is 3.13. The van der Waals surface area contributed by atoms with Crippen LogP contribution in [0.15, 0.2) is 42.9 Å². The molecule has 0 atom stereocenters. The molecule has 0 fully saturated rings. The van der Waals surface area contributed by atoms with E-state index in [1.807, 2.05) is 13.2 Å². The maximum absolute atomic E-state index is 10.8. The maximum Gasteiger partial charge on any atom is 0.409 e. The van der Waals surface area contributed by atoms with Crippen molar-refractivity contribution in [1.82, 2.24) is 19.7 Å². The van der Waals surface area contributed by atoms with E-state index in [0.29, 0.717) is 23.1 Å². The van der Waals surface area contributed by atoms with Crippen LogP contribution in [0, 0.1) is 6.92 Å². The number of anilines is 2. The predicted octanol–water partition coefficient (Wildman–Crippen LogP) is 2.51. The molecule has 0 spiro atoms. The number of primary amides is 1. The van der Waals surface area contributed by atoms with Gasteiger partial charge in [-0.25, -0.2) is 4.79 Å². The number of hydrogen-bond donors (Lipinski definition) is 2. The molecule has 0 saturated carbocycles. The molecule has 128 valence electrons. The van der Waals surface area contributed by atoms with Crippen molar-refractivity contribution in [3.05, 3.63) is 48.5 Å². The van der Waals surface area contributed by atoms with Gasteiger partial charge in [-0.3, -0.25) is 9.67 Å². The van der Waals surface area contributed by atoms with E-state index in [2.05, 4.69) is 20.4 Å². The van der Waals surface area contributed by atoms with E-state index in [4.69, 9.17) is 15.2 Å². The van der Waals surface area contributed by atoms with E-state index in [0.717, 1.165) is 5.69 Å². The molecule has 0 aliphatic rings. The summed E-state index contributed by atoms with van der Waals surface area (Å²) >= 11 is 0. The van der Waals surface area contributed by atoms with Crippen LogP contribution in [-0.2, 0) is 7.05 Å². The normalized spacial score (nSPS) is 10.3. The standard InChI is InChI=1S/C16H16N6O3/c1-10-15(24-12-4-3-5-13(6-12)25-16(17)23)21-14(8-18-10)20-11-7-19-22(2)9-11/h3-9H,1-2H3,(H2,17,23)(H,20,21). The second-order valence-electron chi connectivity index (χ2n) is 5.17. The van der Waals surface area contributed by atoms with Gasteiger partial charge in [-0.15, -0.1) is 0 Å². The van der Waals surface area contributed by atoms with Crippen LogP contribution in [0.2, 0.25) is 0 Å². The third-order valence-corrected chi connectivity index (χ3v) is 3.13. The first-order chi connectivity index (χ1) is 12.0. The maximum atomic E-state index is 10.8. The molecule has 2 aromatic heterocycles. The van der Waals surface area contributed by atoms with Gasteiger partial charge in [0.25, 0.3) is 0 Å². The van der Waals surface area contributed by atoms with Gasteiger partial charge >= 0.3 is 6.09 Å². The van der Waals surface area contributed by atoms with Crippen molar-refractivity contribution in [2.24, 2.45) is 12.8 Å². The zero-order chi connectivity index (χ0) is 17.8. The largest absolute Gasteiger partial charge is 0.437 e. The molecule has 9 nitrogen and oxygen atoms in total. The van der Waals surface area contributed by atoms with E-state index < -0.39 is 6.09 Å². The lowest BCUT2D eigenvalue weighted by atomic mass is 10.3. The fourth-order valence-electron chi connectivity index (χ4n) is 2.05. The molecule has 0 saturated heterocycles. The molecule has 0 radical (unpaired) electrons. The van der Waals surface area contributed by atoms with Gasteiger partial charge in [-0.05, 0) is 19.1 Å². The summed E-state index contributed by atoms with van der Waals surface area (Å²) in [4.78, 5) is 19.5. The van der Waals surface area contributed by atoms with Crippen LogP contribution < -0.4 is 20.5 Å². The van der Waals surface area contributed by atoms with Crippen molar-refractivity contribution in [2.45, 2.75) is 6.92 Å². The fraction of sp³-hybridized carbons (Fsp3) is 0.125. The molecule has 0 aliphatic heterocycles. The van der Waals surface area contributed by atoms with E-state index in [1.165, 1.54) is 6.07 Å². The summed E-state index contributed by atoms with van der Waals surface area (Å²) in [6.45, 7) is 1.78. The highest BCUT2D eigenvalue weighted by Crippen LogP contribution is 2.27. The summed E-state index contributed by atoms with van der Waals surface area (Å²) < 4.78 is 12.2. The van der Waals surface area contributed by atoms with E-state index in [1.54, 1.807) is 42.2 Å². The summed E-state index contributed by atoms with van der Waals surface area (Å²) in [6.07, 6.45) is 4.19. The monoisotopic (exact) mass is 340 g/mol. The lowest BCUT2D eigenvalue weighted by Gasteiger charge is -2.10. The molecule has 9 heteroatoms. The minimum Gasteiger partial charge on any atom is -0.437 e. The number of carbonyl (C=O) groups is 1. The first kappa shape index (κ1) is 16.2. The van der Waals surface area contributed by atoms with Crippen LogP contribution in [0.3, 0.4) is 0 Å². The molecule has 1 aromatic carbocycles. The molecule has 3 rings (SSSR count). The average Bonchev–Trinajstić information content (AvgIpc) is 2.95. The van der Waals surface area contributed by atoms with Crippen LogP contribution in [0.4, 0.5) is 16.3 Å². The molecule has 1 amide bonds. The lowest BCUT2D eigenvalue weighted by molar-refractivity contribution is 0.211. The molecule has 0 aliphatic carbocycles. The summed E-state index contributed by atoms with van der Waals surface area (Å²) in [6, 6.07) is 6.51. The average molecular weight is 340 g/mol. The molecule has 25 heavy (non-hydrogen) atoms. The number of benzene rings is 1. The Kier molecular flexibility index (Phi) is 4.46. The fourth-order valence-corrected chi connectivity index (χ4v) is 2.05. The summed E-state index contributed by atoms with van der Waals surface area (Å²) in [5.41, 5.74) is 6.40. The zero-order valence-electron chi connectivity index (χ0n) is 13.6. The number of ether oxygens (including phenoxy) is 2. The third kappa shape index (κ3) is 4.22. The number of nitrogens with zero attached hydrogens (tertiary/aromatic N) is 4. The second-order valence-corrected chi connectivity index (χ2v) is 5.17. The summed E-state index contributed by atoms with van der Waals surface area (Å²) in [7, 11) is 1.82. The van der Waals surface area contributed by atoms with Crippen LogP contribution in [-0.4, -0.2) is 25.8 Å². The van der Waals surface area contributed by atoms with Gasteiger partial charge < -0.3 is 20.5 Å². The Bertz CT molecular complexity index is 908. The highest BCUT2D eigenvalue weighted by molar-refractivity contribution is 5.68. The van der Waals surface area contributed by atoms with Gasteiger partial charge in [-0.1, -0.05) is 6.07 Å². The first-order valence-corrected chi connectivity index (χ1v) is 7.34. The highest BCUT2D eigenvalue weighted by atomic mass is 16.5.